The molecule has 0 aliphatic carbocycles. The molecule has 0 bridgehead atoms. The summed E-state index contributed by atoms with van der Waals surface area (Å²) in [6, 6.07) is 5.84. The minimum atomic E-state index is -2.21. The fraction of sp³-hybridized carbons (Fsp3) is 0.0769. The average Bonchev–Trinajstić information content (AvgIpc) is 2.45. The quantitative estimate of drug-likeness (QED) is 0.513. The molecule has 0 radical (unpaired) electrons. The van der Waals surface area contributed by atoms with E-state index in [0.29, 0.717) is 0 Å². The molecular weight excluding hydrogens is 281 g/mol. The molecule has 2 nitrogen and oxygen atoms in total. The van der Waals surface area contributed by atoms with Crippen LogP contribution in [-0.2, 0) is 6.54 Å². The molecule has 20 heavy (non-hydrogen) atoms. The van der Waals surface area contributed by atoms with Crippen LogP contribution < -0.4 is 5.32 Å². The third-order valence-corrected chi connectivity index (χ3v) is 2.66. The van der Waals surface area contributed by atoms with E-state index < -0.39 is 34.8 Å². The summed E-state index contributed by atoms with van der Waals surface area (Å²) in [7, 11) is 0. The predicted octanol–water partition coefficient (Wildman–Crippen LogP) is 3.70. The van der Waals surface area contributed by atoms with Crippen LogP contribution in [-0.4, -0.2) is 5.11 Å². The number of anilines is 1. The van der Waals surface area contributed by atoms with Crippen LogP contribution in [0.2, 0.25) is 0 Å². The standard InChI is InChI=1S/C13H8F5NO/c14-8-9(15)11(17)13(12(18)10(8)16)19-5-6-3-1-2-4-7(6)20/h1-4,19-20H,5H2. The van der Waals surface area contributed by atoms with Crippen molar-refractivity contribution in [3.8, 4) is 5.75 Å². The van der Waals surface area contributed by atoms with Gasteiger partial charge in [0, 0.05) is 12.1 Å². The lowest BCUT2D eigenvalue weighted by Gasteiger charge is -2.11. The van der Waals surface area contributed by atoms with Crippen LogP contribution in [0.1, 0.15) is 5.56 Å². The van der Waals surface area contributed by atoms with Gasteiger partial charge in [-0.3, -0.25) is 0 Å². The topological polar surface area (TPSA) is 32.3 Å². The minimum absolute atomic E-state index is 0.163. The van der Waals surface area contributed by atoms with Crippen molar-refractivity contribution in [2.75, 3.05) is 5.32 Å². The summed E-state index contributed by atoms with van der Waals surface area (Å²) in [6.45, 7) is -0.301. The maximum absolute atomic E-state index is 13.4. The summed E-state index contributed by atoms with van der Waals surface area (Å²) in [4.78, 5) is 0. The normalized spacial score (nSPS) is 10.7. The fourth-order valence-electron chi connectivity index (χ4n) is 1.60. The van der Waals surface area contributed by atoms with Gasteiger partial charge in [-0.05, 0) is 6.07 Å². The van der Waals surface area contributed by atoms with E-state index in [-0.39, 0.29) is 17.9 Å². The first-order chi connectivity index (χ1) is 9.43. The molecule has 0 aromatic heterocycles. The maximum atomic E-state index is 13.4. The van der Waals surface area contributed by atoms with Crippen LogP contribution in [0.15, 0.2) is 24.3 Å². The van der Waals surface area contributed by atoms with Gasteiger partial charge in [0.15, 0.2) is 23.3 Å². The van der Waals surface area contributed by atoms with Crippen LogP contribution in [0.25, 0.3) is 0 Å². The first kappa shape index (κ1) is 14.1. The largest absolute Gasteiger partial charge is 0.508 e. The number of rotatable bonds is 3. The zero-order valence-electron chi connectivity index (χ0n) is 9.85. The molecule has 0 fully saturated rings. The number of benzene rings is 2. The monoisotopic (exact) mass is 289 g/mol. The molecule has 106 valence electrons. The van der Waals surface area contributed by atoms with Crippen molar-refractivity contribution in [3.05, 3.63) is 58.9 Å². The second-order valence-electron chi connectivity index (χ2n) is 3.93. The molecule has 0 aliphatic rings. The lowest BCUT2D eigenvalue weighted by Crippen LogP contribution is -2.09. The number of phenols is 1. The predicted molar refractivity (Wildman–Crippen MR) is 61.7 cm³/mol. The molecular formula is C13H8F5NO. The number of hydrogen-bond acceptors (Lipinski definition) is 2. The first-order valence-corrected chi connectivity index (χ1v) is 5.45. The Kier molecular flexibility index (Phi) is 3.78. The lowest BCUT2D eigenvalue weighted by molar-refractivity contribution is 0.381. The molecule has 2 rings (SSSR count). The Bertz CT molecular complexity index is 630. The fourth-order valence-corrected chi connectivity index (χ4v) is 1.60. The number of para-hydroxylation sites is 1. The summed E-state index contributed by atoms with van der Waals surface area (Å²) in [5, 5.41) is 11.5. The number of halogens is 5. The van der Waals surface area contributed by atoms with E-state index in [1.54, 1.807) is 6.07 Å². The molecule has 0 unspecified atom stereocenters. The molecule has 0 aliphatic heterocycles. The van der Waals surface area contributed by atoms with Crippen molar-refractivity contribution in [1.29, 1.82) is 0 Å². The Morgan fingerprint density at radius 2 is 1.30 bits per heavy atom. The van der Waals surface area contributed by atoms with Crippen molar-refractivity contribution in [2.24, 2.45) is 0 Å². The van der Waals surface area contributed by atoms with Crippen LogP contribution >= 0.6 is 0 Å². The second-order valence-corrected chi connectivity index (χ2v) is 3.93. The molecule has 0 heterocycles. The zero-order chi connectivity index (χ0) is 14.9. The van der Waals surface area contributed by atoms with Gasteiger partial charge >= 0.3 is 0 Å². The van der Waals surface area contributed by atoms with Gasteiger partial charge in [-0.2, -0.15) is 0 Å². The van der Waals surface area contributed by atoms with E-state index in [1.807, 2.05) is 0 Å². The van der Waals surface area contributed by atoms with Gasteiger partial charge in [0.25, 0.3) is 0 Å². The first-order valence-electron chi connectivity index (χ1n) is 5.45. The molecule has 2 N–H and O–H groups in total. The van der Waals surface area contributed by atoms with Crippen molar-refractivity contribution < 1.29 is 27.1 Å². The van der Waals surface area contributed by atoms with Crippen LogP contribution in [0.4, 0.5) is 27.6 Å². The maximum Gasteiger partial charge on any atom is 0.200 e. The molecule has 2 aromatic rings. The van der Waals surface area contributed by atoms with E-state index in [4.69, 9.17) is 0 Å². The van der Waals surface area contributed by atoms with E-state index in [1.165, 1.54) is 18.2 Å². The highest BCUT2D eigenvalue weighted by molar-refractivity contribution is 5.49. The molecule has 0 saturated heterocycles. The number of phenolic OH excluding ortho intramolecular Hbond substituents is 1. The van der Waals surface area contributed by atoms with Gasteiger partial charge in [0.1, 0.15) is 11.4 Å². The summed E-state index contributed by atoms with van der Waals surface area (Å²) < 4.78 is 65.5. The lowest BCUT2D eigenvalue weighted by atomic mass is 10.2. The summed E-state index contributed by atoms with van der Waals surface area (Å²) >= 11 is 0. The highest BCUT2D eigenvalue weighted by Gasteiger charge is 2.25. The van der Waals surface area contributed by atoms with Crippen LogP contribution in [0, 0.1) is 29.1 Å². The van der Waals surface area contributed by atoms with Crippen LogP contribution in [0.5, 0.6) is 5.75 Å². The molecule has 0 amide bonds. The Balaban J connectivity index is 2.33. The van der Waals surface area contributed by atoms with Gasteiger partial charge in [0.05, 0.1) is 0 Å². The highest BCUT2D eigenvalue weighted by atomic mass is 19.2. The second kappa shape index (κ2) is 5.36. The number of aromatic hydroxyl groups is 1. The molecule has 2 aromatic carbocycles. The van der Waals surface area contributed by atoms with E-state index >= 15 is 0 Å². The van der Waals surface area contributed by atoms with Gasteiger partial charge in [-0.1, -0.05) is 18.2 Å². The summed E-state index contributed by atoms with van der Waals surface area (Å²) in [5.74, 6) is -10.3. The minimum Gasteiger partial charge on any atom is -0.508 e. The van der Waals surface area contributed by atoms with Crippen molar-refractivity contribution >= 4 is 5.69 Å². The van der Waals surface area contributed by atoms with Crippen LogP contribution in [0.3, 0.4) is 0 Å². The number of nitrogens with one attached hydrogen (secondary N) is 1. The third-order valence-electron chi connectivity index (χ3n) is 2.66. The Morgan fingerprint density at radius 3 is 1.85 bits per heavy atom. The van der Waals surface area contributed by atoms with E-state index in [2.05, 4.69) is 5.32 Å². The van der Waals surface area contributed by atoms with E-state index in [9.17, 15) is 27.1 Å². The molecule has 7 heteroatoms. The zero-order valence-corrected chi connectivity index (χ0v) is 9.85. The van der Waals surface area contributed by atoms with Crippen molar-refractivity contribution in [2.45, 2.75) is 6.54 Å². The molecule has 0 saturated carbocycles. The van der Waals surface area contributed by atoms with Gasteiger partial charge in [-0.25, -0.2) is 22.0 Å². The summed E-state index contributed by atoms with van der Waals surface area (Å²) in [6.07, 6.45) is 0. The molecule has 0 atom stereocenters. The smallest absolute Gasteiger partial charge is 0.200 e. The van der Waals surface area contributed by atoms with Crippen molar-refractivity contribution in [1.82, 2.24) is 0 Å². The van der Waals surface area contributed by atoms with Gasteiger partial charge < -0.3 is 10.4 Å². The molecule has 0 spiro atoms. The Labute approximate surface area is 110 Å². The Morgan fingerprint density at radius 1 is 0.800 bits per heavy atom. The van der Waals surface area contributed by atoms with Gasteiger partial charge in [-0.15, -0.1) is 0 Å². The SMILES string of the molecule is Oc1ccccc1CNc1c(F)c(F)c(F)c(F)c1F. The highest BCUT2D eigenvalue weighted by Crippen LogP contribution is 2.28. The van der Waals surface area contributed by atoms with E-state index in [0.717, 1.165) is 0 Å². The Hall–Kier alpha value is -2.31. The van der Waals surface area contributed by atoms with Crippen molar-refractivity contribution in [3.63, 3.8) is 0 Å². The van der Waals surface area contributed by atoms with Gasteiger partial charge in [0.2, 0.25) is 5.82 Å². The third kappa shape index (κ3) is 2.38. The number of hydrogen-bond donors (Lipinski definition) is 2. The summed E-state index contributed by atoms with van der Waals surface area (Å²) in [5.41, 5.74) is -0.888. The average molecular weight is 289 g/mol.